The van der Waals surface area contributed by atoms with Crippen molar-refractivity contribution in [1.82, 2.24) is 10.2 Å². The second-order valence-corrected chi connectivity index (χ2v) is 6.97. The number of rotatable bonds is 8. The maximum absolute atomic E-state index is 13.0. The summed E-state index contributed by atoms with van der Waals surface area (Å²) in [6.07, 6.45) is 0.517. The number of aryl methyl sites for hydroxylation is 1. The SMILES string of the molecule is CCCc1cc(C(=O)OC(C(=O)Nc2ccc(OC)c(Cl)c2)c2ccccc2)n[nH]1. The maximum Gasteiger partial charge on any atom is 0.359 e. The number of hydrogen-bond donors (Lipinski definition) is 2. The lowest BCUT2D eigenvalue weighted by molar-refractivity contribution is -0.125. The van der Waals surface area contributed by atoms with Crippen LogP contribution in [0.3, 0.4) is 0 Å². The van der Waals surface area contributed by atoms with Gasteiger partial charge in [0.05, 0.1) is 12.1 Å². The number of methoxy groups -OCH3 is 1. The highest BCUT2D eigenvalue weighted by atomic mass is 35.5. The Labute approximate surface area is 179 Å². The fourth-order valence-corrected chi connectivity index (χ4v) is 3.14. The molecule has 1 aromatic heterocycles. The van der Waals surface area contributed by atoms with Gasteiger partial charge >= 0.3 is 5.97 Å². The van der Waals surface area contributed by atoms with Crippen LogP contribution >= 0.6 is 11.6 Å². The van der Waals surface area contributed by atoms with E-state index < -0.39 is 18.0 Å². The first-order valence-corrected chi connectivity index (χ1v) is 9.84. The molecule has 8 heteroatoms. The van der Waals surface area contributed by atoms with Crippen LogP contribution in [0.4, 0.5) is 5.69 Å². The standard InChI is InChI=1S/C22H22ClN3O4/c1-3-7-16-13-18(26-25-16)22(28)30-20(14-8-5-4-6-9-14)21(27)24-15-10-11-19(29-2)17(23)12-15/h4-6,8-13,20H,3,7H2,1-2H3,(H,24,27)(H,25,26). The minimum absolute atomic E-state index is 0.125. The van der Waals surface area contributed by atoms with Crippen molar-refractivity contribution in [2.45, 2.75) is 25.9 Å². The predicted molar refractivity (Wildman–Crippen MR) is 114 cm³/mol. The van der Waals surface area contributed by atoms with Crippen molar-refractivity contribution in [3.8, 4) is 5.75 Å². The molecule has 7 nitrogen and oxygen atoms in total. The van der Waals surface area contributed by atoms with Crippen molar-refractivity contribution in [2.24, 2.45) is 0 Å². The monoisotopic (exact) mass is 427 g/mol. The molecule has 2 aromatic carbocycles. The zero-order chi connectivity index (χ0) is 21.5. The molecule has 1 unspecified atom stereocenters. The van der Waals surface area contributed by atoms with Gasteiger partial charge in [-0.2, -0.15) is 5.10 Å². The number of amides is 1. The fourth-order valence-electron chi connectivity index (χ4n) is 2.88. The third-order valence-electron chi connectivity index (χ3n) is 4.34. The van der Waals surface area contributed by atoms with E-state index in [9.17, 15) is 9.59 Å². The molecule has 0 bridgehead atoms. The molecule has 156 valence electrons. The van der Waals surface area contributed by atoms with Crippen LogP contribution in [0.1, 0.15) is 41.2 Å². The molecule has 0 aliphatic carbocycles. The molecule has 2 N–H and O–H groups in total. The summed E-state index contributed by atoms with van der Waals surface area (Å²) in [6.45, 7) is 2.03. The van der Waals surface area contributed by atoms with Gasteiger partial charge in [0.2, 0.25) is 6.10 Å². The second kappa shape index (κ2) is 9.93. The summed E-state index contributed by atoms with van der Waals surface area (Å²) in [6, 6.07) is 15.3. The van der Waals surface area contributed by atoms with Gasteiger partial charge in [-0.15, -0.1) is 0 Å². The molecule has 0 fully saturated rings. The normalized spacial score (nSPS) is 11.6. The first-order valence-electron chi connectivity index (χ1n) is 9.46. The van der Waals surface area contributed by atoms with Gasteiger partial charge in [0.15, 0.2) is 5.69 Å². The number of ether oxygens (including phenoxy) is 2. The highest BCUT2D eigenvalue weighted by molar-refractivity contribution is 6.32. The van der Waals surface area contributed by atoms with E-state index in [2.05, 4.69) is 15.5 Å². The molecule has 0 saturated carbocycles. The van der Waals surface area contributed by atoms with Crippen molar-refractivity contribution < 1.29 is 19.1 Å². The topological polar surface area (TPSA) is 93.3 Å². The van der Waals surface area contributed by atoms with Crippen LogP contribution in [0.5, 0.6) is 5.75 Å². The Morgan fingerprint density at radius 2 is 1.93 bits per heavy atom. The second-order valence-electron chi connectivity index (χ2n) is 6.56. The lowest BCUT2D eigenvalue weighted by Crippen LogP contribution is -2.26. The molecule has 30 heavy (non-hydrogen) atoms. The number of benzene rings is 2. The summed E-state index contributed by atoms with van der Waals surface area (Å²) < 4.78 is 10.7. The average Bonchev–Trinajstić information content (AvgIpc) is 3.21. The van der Waals surface area contributed by atoms with Crippen molar-refractivity contribution in [1.29, 1.82) is 0 Å². The first kappa shape index (κ1) is 21.4. The van der Waals surface area contributed by atoms with Crippen molar-refractivity contribution in [3.05, 3.63) is 76.6 Å². The minimum Gasteiger partial charge on any atom is -0.495 e. The Balaban J connectivity index is 1.80. The Bertz CT molecular complexity index is 1020. The molecular weight excluding hydrogens is 406 g/mol. The predicted octanol–water partition coefficient (Wildman–Crippen LogP) is 4.56. The quantitative estimate of drug-likeness (QED) is 0.514. The molecule has 0 aliphatic heterocycles. The molecule has 0 spiro atoms. The molecule has 1 atom stereocenters. The summed E-state index contributed by atoms with van der Waals surface area (Å²) >= 11 is 6.13. The van der Waals surface area contributed by atoms with Crippen molar-refractivity contribution in [3.63, 3.8) is 0 Å². The number of hydrogen-bond acceptors (Lipinski definition) is 5. The number of esters is 1. The summed E-state index contributed by atoms with van der Waals surface area (Å²) in [5.41, 5.74) is 1.94. The van der Waals surface area contributed by atoms with Gasteiger partial charge in [0.1, 0.15) is 5.75 Å². The van der Waals surface area contributed by atoms with E-state index in [0.717, 1.165) is 18.5 Å². The van der Waals surface area contributed by atoms with Gasteiger partial charge in [0.25, 0.3) is 5.91 Å². The number of nitrogens with one attached hydrogen (secondary N) is 2. The number of carbonyl (C=O) groups is 2. The largest absolute Gasteiger partial charge is 0.495 e. The Kier molecular flexibility index (Phi) is 7.08. The van der Waals surface area contributed by atoms with Crippen LogP contribution in [-0.4, -0.2) is 29.2 Å². The summed E-state index contributed by atoms with van der Waals surface area (Å²) in [5, 5.41) is 9.88. The lowest BCUT2D eigenvalue weighted by Gasteiger charge is -2.18. The van der Waals surface area contributed by atoms with Gasteiger partial charge in [0, 0.05) is 16.9 Å². The summed E-state index contributed by atoms with van der Waals surface area (Å²) in [4.78, 5) is 25.6. The van der Waals surface area contributed by atoms with E-state index in [1.54, 1.807) is 48.5 Å². The number of H-pyrrole nitrogens is 1. The number of aromatic nitrogens is 2. The van der Waals surface area contributed by atoms with Gasteiger partial charge in [-0.1, -0.05) is 55.3 Å². The molecule has 0 saturated heterocycles. The van der Waals surface area contributed by atoms with Gasteiger partial charge in [-0.05, 0) is 30.7 Å². The maximum atomic E-state index is 13.0. The minimum atomic E-state index is -1.16. The van der Waals surface area contributed by atoms with E-state index in [1.807, 2.05) is 13.0 Å². The van der Waals surface area contributed by atoms with Gasteiger partial charge < -0.3 is 14.8 Å². The third kappa shape index (κ3) is 5.18. The van der Waals surface area contributed by atoms with Crippen LogP contribution in [0.15, 0.2) is 54.6 Å². The van der Waals surface area contributed by atoms with Gasteiger partial charge in [-0.25, -0.2) is 4.79 Å². The molecular formula is C22H22ClN3O4. The molecule has 3 aromatic rings. The lowest BCUT2D eigenvalue weighted by atomic mass is 10.1. The number of anilines is 1. The number of carbonyl (C=O) groups excluding carboxylic acids is 2. The molecule has 3 rings (SSSR count). The molecule has 0 aliphatic rings. The van der Waals surface area contributed by atoms with Crippen LogP contribution in [0.2, 0.25) is 5.02 Å². The number of aromatic amines is 1. The number of nitrogens with zero attached hydrogens (tertiary/aromatic N) is 1. The highest BCUT2D eigenvalue weighted by Crippen LogP contribution is 2.28. The van der Waals surface area contributed by atoms with E-state index >= 15 is 0 Å². The van der Waals surface area contributed by atoms with Crippen LogP contribution in [-0.2, 0) is 16.0 Å². The van der Waals surface area contributed by atoms with E-state index in [4.69, 9.17) is 21.1 Å². The smallest absolute Gasteiger partial charge is 0.359 e. The first-order chi connectivity index (χ1) is 14.5. The van der Waals surface area contributed by atoms with Crippen LogP contribution in [0, 0.1) is 0 Å². The van der Waals surface area contributed by atoms with E-state index in [0.29, 0.717) is 22.0 Å². The zero-order valence-corrected chi connectivity index (χ0v) is 17.4. The third-order valence-corrected chi connectivity index (χ3v) is 4.64. The fraction of sp³-hybridized carbons (Fsp3) is 0.227. The highest BCUT2D eigenvalue weighted by Gasteiger charge is 2.27. The Morgan fingerprint density at radius 3 is 2.60 bits per heavy atom. The van der Waals surface area contributed by atoms with E-state index in [1.165, 1.54) is 7.11 Å². The summed E-state index contributed by atoms with van der Waals surface area (Å²) in [7, 11) is 1.51. The van der Waals surface area contributed by atoms with Crippen LogP contribution < -0.4 is 10.1 Å². The zero-order valence-electron chi connectivity index (χ0n) is 16.6. The Hall–Kier alpha value is -3.32. The van der Waals surface area contributed by atoms with Crippen molar-refractivity contribution >= 4 is 29.2 Å². The molecule has 1 amide bonds. The van der Waals surface area contributed by atoms with Gasteiger partial charge in [-0.3, -0.25) is 9.89 Å². The van der Waals surface area contributed by atoms with Crippen LogP contribution in [0.25, 0.3) is 0 Å². The number of halogens is 1. The summed E-state index contributed by atoms with van der Waals surface area (Å²) in [5.74, 6) is -0.715. The molecule has 0 radical (unpaired) electrons. The molecule has 1 heterocycles. The van der Waals surface area contributed by atoms with E-state index in [-0.39, 0.29) is 5.69 Å². The Morgan fingerprint density at radius 1 is 1.17 bits per heavy atom. The average molecular weight is 428 g/mol. The van der Waals surface area contributed by atoms with Crippen molar-refractivity contribution in [2.75, 3.05) is 12.4 Å².